The van der Waals surface area contributed by atoms with E-state index < -0.39 is 18.9 Å². The second-order valence-corrected chi connectivity index (χ2v) is 4.06. The van der Waals surface area contributed by atoms with Gasteiger partial charge in [-0.05, 0) is 18.2 Å². The maximum atomic E-state index is 12.6. The van der Waals surface area contributed by atoms with Crippen LogP contribution in [0.25, 0.3) is 0 Å². The molecule has 2 nitrogen and oxygen atoms in total. The number of nitrogens with one attached hydrogen (secondary N) is 1. The van der Waals surface area contributed by atoms with E-state index in [1.165, 1.54) is 13.2 Å². The Morgan fingerprint density at radius 2 is 2.06 bits per heavy atom. The predicted molar refractivity (Wildman–Crippen MR) is 60.7 cm³/mol. The van der Waals surface area contributed by atoms with Gasteiger partial charge in [0, 0.05) is 17.1 Å². The standard InChI is InChI=1S/C11H12ClF4NO/c1-18-9-3-2-8(12)4-7(9)5-17-6-11(15,16)10(13)14/h2-4,10,17H,5-6H2,1H3. The Labute approximate surface area is 107 Å². The highest BCUT2D eigenvalue weighted by Gasteiger charge is 2.39. The van der Waals surface area contributed by atoms with Crippen LogP contribution in [0.3, 0.4) is 0 Å². The van der Waals surface area contributed by atoms with E-state index in [0.29, 0.717) is 16.3 Å². The van der Waals surface area contributed by atoms with Crippen molar-refractivity contribution in [1.82, 2.24) is 5.32 Å². The largest absolute Gasteiger partial charge is 0.496 e. The van der Waals surface area contributed by atoms with Gasteiger partial charge in [0.15, 0.2) is 0 Å². The maximum Gasteiger partial charge on any atom is 0.319 e. The molecule has 0 aliphatic rings. The van der Waals surface area contributed by atoms with E-state index in [2.05, 4.69) is 5.32 Å². The van der Waals surface area contributed by atoms with Gasteiger partial charge < -0.3 is 10.1 Å². The molecule has 102 valence electrons. The Morgan fingerprint density at radius 3 is 2.61 bits per heavy atom. The average Bonchev–Trinajstić information content (AvgIpc) is 2.29. The molecular weight excluding hydrogens is 274 g/mol. The van der Waals surface area contributed by atoms with E-state index in [4.69, 9.17) is 16.3 Å². The van der Waals surface area contributed by atoms with Gasteiger partial charge in [0.25, 0.3) is 0 Å². The van der Waals surface area contributed by atoms with Crippen molar-refractivity contribution in [1.29, 1.82) is 0 Å². The van der Waals surface area contributed by atoms with Gasteiger partial charge in [0.2, 0.25) is 0 Å². The molecule has 0 spiro atoms. The molecule has 0 radical (unpaired) electrons. The first-order valence-corrected chi connectivity index (χ1v) is 5.43. The van der Waals surface area contributed by atoms with Crippen molar-refractivity contribution in [2.24, 2.45) is 0 Å². The third-order valence-electron chi connectivity index (χ3n) is 2.24. The summed E-state index contributed by atoms with van der Waals surface area (Å²) in [6.45, 7) is -1.15. The van der Waals surface area contributed by atoms with E-state index in [9.17, 15) is 17.6 Å². The van der Waals surface area contributed by atoms with Gasteiger partial charge >= 0.3 is 12.3 Å². The monoisotopic (exact) mass is 285 g/mol. The molecule has 0 saturated carbocycles. The van der Waals surface area contributed by atoms with E-state index in [-0.39, 0.29) is 6.54 Å². The van der Waals surface area contributed by atoms with Crippen molar-refractivity contribution >= 4 is 11.6 Å². The van der Waals surface area contributed by atoms with Gasteiger partial charge in [-0.2, -0.15) is 8.78 Å². The molecule has 0 unspecified atom stereocenters. The fraction of sp³-hybridized carbons (Fsp3) is 0.455. The van der Waals surface area contributed by atoms with Gasteiger partial charge in [0.1, 0.15) is 5.75 Å². The Morgan fingerprint density at radius 1 is 1.39 bits per heavy atom. The summed E-state index contributed by atoms with van der Waals surface area (Å²) >= 11 is 5.74. The Kier molecular flexibility index (Phi) is 5.22. The highest BCUT2D eigenvalue weighted by atomic mass is 35.5. The van der Waals surface area contributed by atoms with Crippen LogP contribution in [0, 0.1) is 0 Å². The summed E-state index contributed by atoms with van der Waals surface area (Å²) in [7, 11) is 1.42. The van der Waals surface area contributed by atoms with Gasteiger partial charge in [-0.25, -0.2) is 8.78 Å². The molecule has 0 saturated heterocycles. The summed E-state index contributed by atoms with van der Waals surface area (Å²) in [6.07, 6.45) is -3.69. The second kappa shape index (κ2) is 6.24. The first-order chi connectivity index (χ1) is 8.36. The first kappa shape index (κ1) is 15.0. The van der Waals surface area contributed by atoms with E-state index >= 15 is 0 Å². The van der Waals surface area contributed by atoms with Crippen LogP contribution in [0.5, 0.6) is 5.75 Å². The Bertz CT molecular complexity index is 401. The summed E-state index contributed by atoms with van der Waals surface area (Å²) in [5.74, 6) is -3.60. The zero-order valence-corrected chi connectivity index (χ0v) is 10.3. The van der Waals surface area contributed by atoms with Crippen LogP contribution in [0.4, 0.5) is 17.6 Å². The summed E-state index contributed by atoms with van der Waals surface area (Å²) in [4.78, 5) is 0. The summed E-state index contributed by atoms with van der Waals surface area (Å²) < 4.78 is 54.1. The lowest BCUT2D eigenvalue weighted by Crippen LogP contribution is -2.38. The molecule has 0 aliphatic heterocycles. The van der Waals surface area contributed by atoms with Crippen LogP contribution in [0.1, 0.15) is 5.56 Å². The lowest BCUT2D eigenvalue weighted by Gasteiger charge is -2.16. The SMILES string of the molecule is COc1ccc(Cl)cc1CNCC(F)(F)C(F)F. The molecule has 0 heterocycles. The van der Waals surface area contributed by atoms with Crippen molar-refractivity contribution in [3.63, 3.8) is 0 Å². The number of benzene rings is 1. The predicted octanol–water partition coefficient (Wildman–Crippen LogP) is 3.34. The van der Waals surface area contributed by atoms with E-state index in [1.807, 2.05) is 0 Å². The number of alkyl halides is 4. The fourth-order valence-electron chi connectivity index (χ4n) is 1.33. The minimum Gasteiger partial charge on any atom is -0.496 e. The highest BCUT2D eigenvalue weighted by molar-refractivity contribution is 6.30. The molecule has 0 amide bonds. The number of ether oxygens (including phenoxy) is 1. The molecular formula is C11H12ClF4NO. The lowest BCUT2D eigenvalue weighted by molar-refractivity contribution is -0.125. The molecule has 0 aliphatic carbocycles. The van der Waals surface area contributed by atoms with Gasteiger partial charge in [-0.3, -0.25) is 0 Å². The first-order valence-electron chi connectivity index (χ1n) is 5.06. The van der Waals surface area contributed by atoms with Crippen molar-refractivity contribution in [3.05, 3.63) is 28.8 Å². The lowest BCUT2D eigenvalue weighted by atomic mass is 10.2. The molecule has 0 fully saturated rings. The summed E-state index contributed by atoms with van der Waals surface area (Å²) in [5.41, 5.74) is 0.523. The molecule has 0 atom stereocenters. The third-order valence-corrected chi connectivity index (χ3v) is 2.47. The summed E-state index contributed by atoms with van der Waals surface area (Å²) in [6, 6.07) is 4.68. The number of methoxy groups -OCH3 is 1. The summed E-state index contributed by atoms with van der Waals surface area (Å²) in [5, 5.41) is 2.67. The number of halogens is 5. The highest BCUT2D eigenvalue weighted by Crippen LogP contribution is 2.24. The van der Waals surface area contributed by atoms with Gasteiger partial charge in [0.05, 0.1) is 13.7 Å². The van der Waals surface area contributed by atoms with Crippen LogP contribution in [-0.4, -0.2) is 26.0 Å². The minimum absolute atomic E-state index is 0.0357. The minimum atomic E-state index is -4.05. The molecule has 18 heavy (non-hydrogen) atoms. The number of hydrogen-bond donors (Lipinski definition) is 1. The van der Waals surface area contributed by atoms with Crippen LogP contribution in [0.2, 0.25) is 5.02 Å². The maximum absolute atomic E-state index is 12.6. The molecule has 1 N–H and O–H groups in total. The zero-order chi connectivity index (χ0) is 13.8. The second-order valence-electron chi connectivity index (χ2n) is 3.62. The van der Waals surface area contributed by atoms with Crippen molar-refractivity contribution in [3.8, 4) is 5.75 Å². The molecule has 7 heteroatoms. The normalized spacial score (nSPS) is 11.9. The quantitative estimate of drug-likeness (QED) is 0.810. The van der Waals surface area contributed by atoms with E-state index in [1.54, 1.807) is 12.1 Å². The molecule has 0 aromatic heterocycles. The number of rotatable bonds is 6. The smallest absolute Gasteiger partial charge is 0.319 e. The van der Waals surface area contributed by atoms with Crippen molar-refractivity contribution in [2.45, 2.75) is 18.9 Å². The molecule has 1 rings (SSSR count). The third kappa shape index (κ3) is 4.03. The molecule has 1 aromatic rings. The fourth-order valence-corrected chi connectivity index (χ4v) is 1.52. The average molecular weight is 286 g/mol. The Hall–Kier alpha value is -1.01. The molecule has 0 bridgehead atoms. The van der Waals surface area contributed by atoms with Gasteiger partial charge in [-0.1, -0.05) is 11.6 Å². The van der Waals surface area contributed by atoms with Crippen LogP contribution >= 0.6 is 11.6 Å². The van der Waals surface area contributed by atoms with E-state index in [0.717, 1.165) is 0 Å². The molecule has 1 aromatic carbocycles. The van der Waals surface area contributed by atoms with Crippen molar-refractivity contribution < 1.29 is 22.3 Å². The van der Waals surface area contributed by atoms with Gasteiger partial charge in [-0.15, -0.1) is 0 Å². The number of hydrogen-bond acceptors (Lipinski definition) is 2. The van der Waals surface area contributed by atoms with Crippen LogP contribution in [0.15, 0.2) is 18.2 Å². The zero-order valence-electron chi connectivity index (χ0n) is 9.52. The van der Waals surface area contributed by atoms with Crippen molar-refractivity contribution in [2.75, 3.05) is 13.7 Å². The Balaban J connectivity index is 2.61. The van der Waals surface area contributed by atoms with Crippen LogP contribution < -0.4 is 10.1 Å². The van der Waals surface area contributed by atoms with Crippen LogP contribution in [-0.2, 0) is 6.54 Å². The topological polar surface area (TPSA) is 21.3 Å².